The summed E-state index contributed by atoms with van der Waals surface area (Å²) >= 11 is 5.87. The van der Waals surface area contributed by atoms with Crippen molar-refractivity contribution in [2.75, 3.05) is 16.0 Å². The van der Waals surface area contributed by atoms with Crippen LogP contribution in [-0.4, -0.2) is 33.9 Å². The summed E-state index contributed by atoms with van der Waals surface area (Å²) in [7, 11) is 0. The van der Waals surface area contributed by atoms with Gasteiger partial charge in [0.2, 0.25) is 0 Å². The normalized spacial score (nSPS) is 17.5. The van der Waals surface area contributed by atoms with E-state index in [0.717, 1.165) is 31.7 Å². The van der Waals surface area contributed by atoms with Crippen molar-refractivity contribution in [2.45, 2.75) is 37.8 Å². The monoisotopic (exact) mass is 497 g/mol. The molecule has 7 N–H and O–H groups in total. The molecular formula is C24H25ClFN7O2. The maximum Gasteiger partial charge on any atom is 0.255 e. The Morgan fingerprint density at radius 2 is 1.74 bits per heavy atom. The number of benzene rings is 1. The molecule has 2 amide bonds. The molecule has 1 aromatic carbocycles. The number of primary amides is 1. The molecule has 0 radical (unpaired) electrons. The van der Waals surface area contributed by atoms with Crippen LogP contribution in [0.4, 0.5) is 27.4 Å². The number of hydrogen-bond donors (Lipinski definition) is 5. The molecule has 2 heterocycles. The number of carbonyl (C=O) groups is 2. The van der Waals surface area contributed by atoms with E-state index in [4.69, 9.17) is 23.1 Å². The molecule has 0 bridgehead atoms. The highest BCUT2D eigenvalue weighted by molar-refractivity contribution is 6.30. The first-order valence-electron chi connectivity index (χ1n) is 11.1. The molecule has 1 aliphatic rings. The molecule has 9 nitrogen and oxygen atoms in total. The summed E-state index contributed by atoms with van der Waals surface area (Å²) < 4.78 is 14.7. The lowest BCUT2D eigenvalue weighted by Crippen LogP contribution is -2.43. The lowest BCUT2D eigenvalue weighted by molar-refractivity contribution is 0.0997. The number of nitrogens with one attached hydrogen (secondary N) is 3. The molecule has 3 aromatic rings. The number of pyridine rings is 2. The molecule has 2 aromatic heterocycles. The molecular weight excluding hydrogens is 473 g/mol. The van der Waals surface area contributed by atoms with Crippen molar-refractivity contribution >= 4 is 46.4 Å². The van der Waals surface area contributed by atoms with E-state index in [0.29, 0.717) is 22.0 Å². The van der Waals surface area contributed by atoms with Crippen molar-refractivity contribution in [1.82, 2.24) is 9.97 Å². The number of amides is 2. The molecule has 4 rings (SSSR count). The van der Waals surface area contributed by atoms with E-state index in [1.54, 1.807) is 30.3 Å². The second-order valence-corrected chi connectivity index (χ2v) is 8.76. The van der Waals surface area contributed by atoms with Crippen LogP contribution in [0.1, 0.15) is 46.4 Å². The number of rotatable bonds is 7. The van der Waals surface area contributed by atoms with Gasteiger partial charge < -0.3 is 27.4 Å². The third-order valence-electron chi connectivity index (χ3n) is 5.75. The SMILES string of the molecule is NC(=O)c1cc(F)c(NC2CCCC[C@@H]2N)nc1Nc1cncc(NC(=O)c2ccc(Cl)cc2)c1. The van der Waals surface area contributed by atoms with E-state index in [1.807, 2.05) is 0 Å². The van der Waals surface area contributed by atoms with Gasteiger partial charge in [-0.2, -0.15) is 0 Å². The summed E-state index contributed by atoms with van der Waals surface area (Å²) in [6.07, 6.45) is 6.57. The van der Waals surface area contributed by atoms with Crippen molar-refractivity contribution in [2.24, 2.45) is 11.5 Å². The first kappa shape index (κ1) is 24.4. The topological polar surface area (TPSA) is 148 Å². The van der Waals surface area contributed by atoms with E-state index in [9.17, 15) is 14.0 Å². The Balaban J connectivity index is 1.56. The summed E-state index contributed by atoms with van der Waals surface area (Å²) in [5, 5.41) is 9.27. The Kier molecular flexibility index (Phi) is 7.42. The van der Waals surface area contributed by atoms with E-state index < -0.39 is 11.7 Å². The molecule has 0 saturated heterocycles. The lowest BCUT2D eigenvalue weighted by Gasteiger charge is -2.30. The number of aromatic nitrogens is 2. The van der Waals surface area contributed by atoms with E-state index >= 15 is 0 Å². The highest BCUT2D eigenvalue weighted by Crippen LogP contribution is 2.27. The minimum atomic E-state index is -0.847. The van der Waals surface area contributed by atoms with Gasteiger partial charge in [0.1, 0.15) is 5.82 Å². The van der Waals surface area contributed by atoms with Gasteiger partial charge in [-0.25, -0.2) is 9.37 Å². The second kappa shape index (κ2) is 10.7. The fourth-order valence-electron chi connectivity index (χ4n) is 3.91. The van der Waals surface area contributed by atoms with Crippen LogP contribution in [0.25, 0.3) is 0 Å². The van der Waals surface area contributed by atoms with E-state index in [2.05, 4.69) is 25.9 Å². The Morgan fingerprint density at radius 1 is 1.03 bits per heavy atom. The van der Waals surface area contributed by atoms with E-state index in [-0.39, 0.29) is 35.2 Å². The maximum atomic E-state index is 14.7. The number of nitrogens with two attached hydrogens (primary N) is 2. The lowest BCUT2D eigenvalue weighted by atomic mass is 9.91. The van der Waals surface area contributed by atoms with Gasteiger partial charge in [-0.3, -0.25) is 14.6 Å². The molecule has 0 spiro atoms. The molecule has 1 unspecified atom stereocenters. The maximum absolute atomic E-state index is 14.7. The summed E-state index contributed by atoms with van der Waals surface area (Å²) in [6, 6.07) is 8.81. The van der Waals surface area contributed by atoms with Crippen molar-refractivity contribution in [3.05, 3.63) is 70.8 Å². The van der Waals surface area contributed by atoms with Crippen molar-refractivity contribution in [3.63, 3.8) is 0 Å². The predicted octanol–water partition coefficient (Wildman–Crippen LogP) is 4.05. The van der Waals surface area contributed by atoms with Crippen molar-refractivity contribution in [3.8, 4) is 0 Å². The number of hydrogen-bond acceptors (Lipinski definition) is 7. The summed E-state index contributed by atoms with van der Waals surface area (Å²) in [6.45, 7) is 0. The first-order chi connectivity index (χ1) is 16.8. The highest BCUT2D eigenvalue weighted by Gasteiger charge is 2.24. The van der Waals surface area contributed by atoms with Gasteiger partial charge in [0.25, 0.3) is 11.8 Å². The van der Waals surface area contributed by atoms with Gasteiger partial charge in [0.05, 0.1) is 29.3 Å². The fourth-order valence-corrected chi connectivity index (χ4v) is 4.03. The minimum Gasteiger partial charge on any atom is -0.365 e. The summed E-state index contributed by atoms with van der Waals surface area (Å²) in [5.74, 6) is -1.88. The zero-order chi connectivity index (χ0) is 24.9. The average Bonchev–Trinajstić information content (AvgIpc) is 2.83. The Bertz CT molecular complexity index is 1240. The highest BCUT2D eigenvalue weighted by atomic mass is 35.5. The number of carbonyl (C=O) groups excluding carboxylic acids is 2. The van der Waals surface area contributed by atoms with Gasteiger partial charge in [-0.1, -0.05) is 24.4 Å². The molecule has 35 heavy (non-hydrogen) atoms. The smallest absolute Gasteiger partial charge is 0.255 e. The molecule has 182 valence electrons. The molecule has 1 aliphatic carbocycles. The van der Waals surface area contributed by atoms with Crippen LogP contribution < -0.4 is 27.4 Å². The quantitative estimate of drug-likeness (QED) is 0.330. The van der Waals surface area contributed by atoms with Crippen LogP contribution in [0.2, 0.25) is 5.02 Å². The Hall–Kier alpha value is -3.76. The molecule has 1 fully saturated rings. The number of anilines is 4. The van der Waals surface area contributed by atoms with Crippen LogP contribution in [0.15, 0.2) is 48.8 Å². The number of nitrogens with zero attached hydrogens (tertiary/aromatic N) is 2. The van der Waals surface area contributed by atoms with Crippen LogP contribution in [0.5, 0.6) is 0 Å². The molecule has 2 atom stereocenters. The van der Waals surface area contributed by atoms with Crippen LogP contribution >= 0.6 is 11.6 Å². The predicted molar refractivity (Wildman–Crippen MR) is 133 cm³/mol. The van der Waals surface area contributed by atoms with Gasteiger partial charge in [-0.05, 0) is 49.2 Å². The minimum absolute atomic E-state index is 0.0278. The van der Waals surface area contributed by atoms with E-state index in [1.165, 1.54) is 12.4 Å². The molecule has 0 aliphatic heterocycles. The third-order valence-corrected chi connectivity index (χ3v) is 6.00. The Labute approximate surface area is 206 Å². The fraction of sp³-hybridized carbons (Fsp3) is 0.250. The summed E-state index contributed by atoms with van der Waals surface area (Å²) in [5.41, 5.74) is 12.7. The first-order valence-corrected chi connectivity index (χ1v) is 11.5. The molecule has 1 saturated carbocycles. The van der Waals surface area contributed by atoms with Gasteiger partial charge in [0.15, 0.2) is 11.6 Å². The largest absolute Gasteiger partial charge is 0.365 e. The third kappa shape index (κ3) is 6.03. The summed E-state index contributed by atoms with van der Waals surface area (Å²) in [4.78, 5) is 32.9. The van der Waals surface area contributed by atoms with Crippen molar-refractivity contribution in [1.29, 1.82) is 0 Å². The van der Waals surface area contributed by atoms with Crippen LogP contribution in [0, 0.1) is 5.82 Å². The van der Waals surface area contributed by atoms with Gasteiger partial charge in [-0.15, -0.1) is 0 Å². The van der Waals surface area contributed by atoms with Gasteiger partial charge >= 0.3 is 0 Å². The van der Waals surface area contributed by atoms with Crippen LogP contribution in [0.3, 0.4) is 0 Å². The van der Waals surface area contributed by atoms with Crippen LogP contribution in [-0.2, 0) is 0 Å². The molecule has 11 heteroatoms. The van der Waals surface area contributed by atoms with Gasteiger partial charge in [0, 0.05) is 22.7 Å². The standard InChI is InChI=1S/C24H25ClFN7O2/c25-14-7-5-13(6-8-14)24(35)31-16-9-15(11-29-12-16)30-22-17(21(28)34)10-18(26)23(33-22)32-20-4-2-1-3-19(20)27/h5-12,19-20H,1-4,27H2,(H2,28,34)(H,31,35)(H2,30,32,33)/t19-,20?/m0/s1. The number of halogens is 2. The zero-order valence-electron chi connectivity index (χ0n) is 18.7. The zero-order valence-corrected chi connectivity index (χ0v) is 19.5. The average molecular weight is 498 g/mol. The van der Waals surface area contributed by atoms with Crippen molar-refractivity contribution < 1.29 is 14.0 Å². The second-order valence-electron chi connectivity index (χ2n) is 8.33. The Morgan fingerprint density at radius 3 is 2.46 bits per heavy atom.